The summed E-state index contributed by atoms with van der Waals surface area (Å²) in [5.41, 5.74) is 0.811. The van der Waals surface area contributed by atoms with E-state index in [1.165, 1.54) is 58.5 Å². The van der Waals surface area contributed by atoms with Crippen molar-refractivity contribution in [1.82, 2.24) is 15.1 Å². The Morgan fingerprint density at radius 2 is 1.72 bits per heavy atom. The van der Waals surface area contributed by atoms with Crippen LogP contribution >= 0.6 is 0 Å². The molecule has 18 heavy (non-hydrogen) atoms. The number of nitrogens with one attached hydrogen (secondary N) is 1. The molecule has 0 amide bonds. The van der Waals surface area contributed by atoms with Crippen molar-refractivity contribution in [3.63, 3.8) is 0 Å². The van der Waals surface area contributed by atoms with Crippen LogP contribution in [0.15, 0.2) is 0 Å². The van der Waals surface area contributed by atoms with Crippen molar-refractivity contribution in [2.45, 2.75) is 45.6 Å². The van der Waals surface area contributed by atoms with Gasteiger partial charge in [0.15, 0.2) is 0 Å². The van der Waals surface area contributed by atoms with Crippen LogP contribution in [0.1, 0.15) is 40.0 Å². The Labute approximate surface area is 113 Å². The van der Waals surface area contributed by atoms with Gasteiger partial charge >= 0.3 is 0 Å². The van der Waals surface area contributed by atoms with Crippen LogP contribution in [0.3, 0.4) is 0 Å². The zero-order chi connectivity index (χ0) is 13.2. The summed E-state index contributed by atoms with van der Waals surface area (Å²) < 4.78 is 0. The maximum atomic E-state index is 3.66. The van der Waals surface area contributed by atoms with Crippen LogP contribution in [-0.4, -0.2) is 61.7 Å². The van der Waals surface area contributed by atoms with Crippen molar-refractivity contribution in [3.8, 4) is 0 Å². The van der Waals surface area contributed by atoms with Crippen LogP contribution in [0.25, 0.3) is 0 Å². The predicted octanol–water partition coefficient (Wildman–Crippen LogP) is 1.79. The molecule has 2 aliphatic heterocycles. The van der Waals surface area contributed by atoms with Gasteiger partial charge in [-0.25, -0.2) is 0 Å². The number of likely N-dealkylation sites (tertiary alicyclic amines) is 1. The highest BCUT2D eigenvalue weighted by atomic mass is 15.2. The Bertz CT molecular complexity index is 267. The molecule has 1 N–H and O–H groups in total. The highest BCUT2D eigenvalue weighted by molar-refractivity contribution is 4.89. The zero-order valence-corrected chi connectivity index (χ0v) is 12.8. The first-order valence-electron chi connectivity index (χ1n) is 7.55. The lowest BCUT2D eigenvalue weighted by Gasteiger charge is -2.42. The summed E-state index contributed by atoms with van der Waals surface area (Å²) in [6.07, 6.45) is 4.00. The van der Waals surface area contributed by atoms with E-state index in [-0.39, 0.29) is 5.54 Å². The number of rotatable bonds is 2. The van der Waals surface area contributed by atoms with E-state index >= 15 is 0 Å². The molecular weight excluding hydrogens is 222 g/mol. The van der Waals surface area contributed by atoms with E-state index in [9.17, 15) is 0 Å². The van der Waals surface area contributed by atoms with Gasteiger partial charge in [0.2, 0.25) is 0 Å². The third kappa shape index (κ3) is 3.94. The molecule has 106 valence electrons. The average Bonchev–Trinajstić information content (AvgIpc) is 2.44. The van der Waals surface area contributed by atoms with E-state index in [4.69, 9.17) is 0 Å². The van der Waals surface area contributed by atoms with Gasteiger partial charge < -0.3 is 15.1 Å². The predicted molar refractivity (Wildman–Crippen MR) is 78.0 cm³/mol. The normalized spacial score (nSPS) is 30.0. The van der Waals surface area contributed by atoms with Crippen molar-refractivity contribution in [1.29, 1.82) is 0 Å². The van der Waals surface area contributed by atoms with Gasteiger partial charge in [-0.15, -0.1) is 0 Å². The fourth-order valence-electron chi connectivity index (χ4n) is 3.41. The van der Waals surface area contributed by atoms with E-state index in [0.29, 0.717) is 5.41 Å². The average molecular weight is 253 g/mol. The SMILES string of the molecule is CN1CCC(C)(CN2CCCNC(C)(C)C2)CC1. The minimum Gasteiger partial charge on any atom is -0.310 e. The van der Waals surface area contributed by atoms with Crippen molar-refractivity contribution in [3.05, 3.63) is 0 Å². The molecule has 2 fully saturated rings. The molecule has 0 saturated carbocycles. The standard InChI is InChI=1S/C15H31N3/c1-14(2)12-18(9-5-8-16-14)13-15(3)6-10-17(4)11-7-15/h16H,5-13H2,1-4H3. The largest absolute Gasteiger partial charge is 0.310 e. The first-order chi connectivity index (χ1) is 8.39. The Kier molecular flexibility index (Phi) is 4.35. The molecule has 0 aliphatic carbocycles. The van der Waals surface area contributed by atoms with Gasteiger partial charge in [0.1, 0.15) is 0 Å². The Hall–Kier alpha value is -0.120. The molecule has 0 aromatic rings. The smallest absolute Gasteiger partial charge is 0.0252 e. The maximum Gasteiger partial charge on any atom is 0.0252 e. The van der Waals surface area contributed by atoms with Crippen LogP contribution < -0.4 is 5.32 Å². The second kappa shape index (κ2) is 5.48. The Balaban J connectivity index is 1.91. The van der Waals surface area contributed by atoms with Crippen molar-refractivity contribution in [2.24, 2.45) is 5.41 Å². The molecule has 3 nitrogen and oxygen atoms in total. The summed E-state index contributed by atoms with van der Waals surface area (Å²) in [4.78, 5) is 5.17. The molecule has 0 unspecified atom stereocenters. The van der Waals surface area contributed by atoms with Crippen LogP contribution in [0.4, 0.5) is 0 Å². The molecule has 2 heterocycles. The van der Waals surface area contributed by atoms with E-state index in [1.54, 1.807) is 0 Å². The lowest BCUT2D eigenvalue weighted by atomic mass is 9.79. The zero-order valence-electron chi connectivity index (χ0n) is 12.8. The first-order valence-corrected chi connectivity index (χ1v) is 7.55. The maximum absolute atomic E-state index is 3.66. The lowest BCUT2D eigenvalue weighted by molar-refractivity contribution is 0.0801. The van der Waals surface area contributed by atoms with Crippen molar-refractivity contribution < 1.29 is 0 Å². The lowest BCUT2D eigenvalue weighted by Crippen LogP contribution is -2.50. The monoisotopic (exact) mass is 253 g/mol. The highest BCUT2D eigenvalue weighted by Gasteiger charge is 2.33. The second-order valence-corrected chi connectivity index (χ2v) is 7.49. The number of piperidine rings is 1. The Morgan fingerprint density at radius 1 is 1.06 bits per heavy atom. The molecular formula is C15H31N3. The molecule has 0 spiro atoms. The van der Waals surface area contributed by atoms with Gasteiger partial charge in [0.05, 0.1) is 0 Å². The third-order valence-electron chi connectivity index (χ3n) is 4.67. The number of hydrogen-bond acceptors (Lipinski definition) is 3. The minimum absolute atomic E-state index is 0.276. The second-order valence-electron chi connectivity index (χ2n) is 7.49. The van der Waals surface area contributed by atoms with E-state index in [0.717, 1.165) is 0 Å². The molecule has 0 radical (unpaired) electrons. The van der Waals surface area contributed by atoms with Crippen LogP contribution in [-0.2, 0) is 0 Å². The van der Waals surface area contributed by atoms with Crippen LogP contribution in [0.2, 0.25) is 0 Å². The summed E-state index contributed by atoms with van der Waals surface area (Å²) in [6.45, 7) is 14.6. The van der Waals surface area contributed by atoms with Crippen LogP contribution in [0, 0.1) is 5.41 Å². The fourth-order valence-corrected chi connectivity index (χ4v) is 3.41. The van der Waals surface area contributed by atoms with Crippen molar-refractivity contribution in [2.75, 3.05) is 46.3 Å². The molecule has 0 atom stereocenters. The van der Waals surface area contributed by atoms with E-state index in [2.05, 4.69) is 42.9 Å². The van der Waals surface area contributed by atoms with Crippen LogP contribution in [0.5, 0.6) is 0 Å². The van der Waals surface area contributed by atoms with E-state index < -0.39 is 0 Å². The Morgan fingerprint density at radius 3 is 2.39 bits per heavy atom. The number of nitrogens with zero attached hydrogens (tertiary/aromatic N) is 2. The van der Waals surface area contributed by atoms with Gasteiger partial charge in [0.25, 0.3) is 0 Å². The van der Waals surface area contributed by atoms with Gasteiger partial charge in [-0.1, -0.05) is 6.92 Å². The van der Waals surface area contributed by atoms with Gasteiger partial charge in [-0.2, -0.15) is 0 Å². The molecule has 0 aromatic heterocycles. The topological polar surface area (TPSA) is 18.5 Å². The summed E-state index contributed by atoms with van der Waals surface area (Å²) in [7, 11) is 2.25. The van der Waals surface area contributed by atoms with Gasteiger partial charge in [-0.05, 0) is 71.8 Å². The minimum atomic E-state index is 0.276. The first kappa shape index (κ1) is 14.3. The van der Waals surface area contributed by atoms with E-state index in [1.807, 2.05) is 0 Å². The molecule has 0 bridgehead atoms. The van der Waals surface area contributed by atoms with Gasteiger partial charge in [0, 0.05) is 18.6 Å². The summed E-state index contributed by atoms with van der Waals surface area (Å²) in [6, 6.07) is 0. The third-order valence-corrected chi connectivity index (χ3v) is 4.67. The molecule has 2 aliphatic rings. The van der Waals surface area contributed by atoms with Crippen molar-refractivity contribution >= 4 is 0 Å². The summed E-state index contributed by atoms with van der Waals surface area (Å²) in [5.74, 6) is 0. The quantitative estimate of drug-likeness (QED) is 0.809. The fraction of sp³-hybridized carbons (Fsp3) is 1.00. The number of hydrogen-bond donors (Lipinski definition) is 1. The highest BCUT2D eigenvalue weighted by Crippen LogP contribution is 2.32. The molecule has 3 heteroatoms. The molecule has 2 rings (SSSR count). The molecule has 0 aromatic carbocycles. The molecule has 2 saturated heterocycles. The van der Waals surface area contributed by atoms with Gasteiger partial charge in [-0.3, -0.25) is 0 Å². The summed E-state index contributed by atoms with van der Waals surface area (Å²) in [5, 5.41) is 3.66. The summed E-state index contributed by atoms with van der Waals surface area (Å²) >= 11 is 0.